The summed E-state index contributed by atoms with van der Waals surface area (Å²) >= 11 is 0. The third kappa shape index (κ3) is 2.64. The van der Waals surface area contributed by atoms with E-state index < -0.39 is 0 Å². The molecule has 104 valence electrons. The minimum absolute atomic E-state index is 0.695. The van der Waals surface area contributed by atoms with Gasteiger partial charge in [-0.15, -0.1) is 0 Å². The van der Waals surface area contributed by atoms with Crippen LogP contribution in [0.5, 0.6) is 0 Å². The second-order valence-electron chi connectivity index (χ2n) is 4.98. The Bertz CT molecular complexity index is 504. The topological polar surface area (TPSA) is 71.2 Å². The molecule has 0 aliphatic carbocycles. The molecule has 0 spiro atoms. The third-order valence-electron chi connectivity index (χ3n) is 3.42. The molecule has 1 fully saturated rings. The first-order valence-electron chi connectivity index (χ1n) is 6.72. The van der Waals surface area contributed by atoms with E-state index in [0.717, 1.165) is 43.5 Å². The summed E-state index contributed by atoms with van der Waals surface area (Å²) in [4.78, 5) is 17.6. The summed E-state index contributed by atoms with van der Waals surface area (Å²) < 4.78 is 0. The fourth-order valence-electron chi connectivity index (χ4n) is 2.27. The van der Waals surface area contributed by atoms with Crippen molar-refractivity contribution in [3.63, 3.8) is 0 Å². The molecule has 1 aliphatic rings. The largest absolute Gasteiger partial charge is 0.397 e. The number of piperazine rings is 1. The number of anilines is 3. The molecule has 2 aromatic rings. The zero-order chi connectivity index (χ0) is 13.9. The Kier molecular flexibility index (Phi) is 3.37. The predicted molar refractivity (Wildman–Crippen MR) is 79.8 cm³/mol. The molecule has 20 heavy (non-hydrogen) atoms. The van der Waals surface area contributed by atoms with E-state index >= 15 is 0 Å². The van der Waals surface area contributed by atoms with Crippen LogP contribution in [0.3, 0.4) is 0 Å². The minimum atomic E-state index is 0.695. The summed E-state index contributed by atoms with van der Waals surface area (Å²) in [7, 11) is 0. The van der Waals surface area contributed by atoms with Gasteiger partial charge < -0.3 is 15.5 Å². The molecule has 0 bridgehead atoms. The van der Waals surface area contributed by atoms with Crippen LogP contribution in [0.15, 0.2) is 30.7 Å². The fourth-order valence-corrected chi connectivity index (χ4v) is 2.27. The first-order valence-corrected chi connectivity index (χ1v) is 6.72. The van der Waals surface area contributed by atoms with Crippen molar-refractivity contribution in [2.24, 2.45) is 0 Å². The maximum atomic E-state index is 5.66. The summed E-state index contributed by atoms with van der Waals surface area (Å²) in [6.45, 7) is 5.61. The van der Waals surface area contributed by atoms with E-state index in [1.54, 1.807) is 6.20 Å². The molecule has 0 amide bonds. The summed E-state index contributed by atoms with van der Waals surface area (Å²) in [5.41, 5.74) is 7.44. The van der Waals surface area contributed by atoms with Crippen LogP contribution >= 0.6 is 0 Å². The first-order chi connectivity index (χ1) is 9.72. The van der Waals surface area contributed by atoms with Gasteiger partial charge in [0.1, 0.15) is 5.82 Å². The molecule has 6 heteroatoms. The highest BCUT2D eigenvalue weighted by Gasteiger charge is 2.19. The molecule has 0 aromatic carbocycles. The number of nitrogens with zero attached hydrogens (tertiary/aromatic N) is 5. The molecule has 3 rings (SSSR count). The van der Waals surface area contributed by atoms with Crippen molar-refractivity contribution in [2.75, 3.05) is 41.7 Å². The fraction of sp³-hybridized carbons (Fsp3) is 0.357. The molecular weight excluding hydrogens is 252 g/mol. The van der Waals surface area contributed by atoms with Crippen LogP contribution in [0.25, 0.3) is 0 Å². The smallest absolute Gasteiger partial charge is 0.225 e. The molecule has 1 saturated heterocycles. The van der Waals surface area contributed by atoms with Gasteiger partial charge in [0, 0.05) is 38.6 Å². The van der Waals surface area contributed by atoms with Gasteiger partial charge in [0.25, 0.3) is 0 Å². The van der Waals surface area contributed by atoms with Crippen molar-refractivity contribution in [2.45, 2.75) is 6.92 Å². The van der Waals surface area contributed by atoms with Crippen LogP contribution < -0.4 is 15.5 Å². The zero-order valence-corrected chi connectivity index (χ0v) is 11.5. The highest BCUT2D eigenvalue weighted by molar-refractivity contribution is 5.47. The van der Waals surface area contributed by atoms with Gasteiger partial charge in [-0.2, -0.15) is 0 Å². The van der Waals surface area contributed by atoms with Crippen molar-refractivity contribution in [3.8, 4) is 0 Å². The molecule has 0 atom stereocenters. The van der Waals surface area contributed by atoms with Crippen LogP contribution in [0.2, 0.25) is 0 Å². The van der Waals surface area contributed by atoms with E-state index in [9.17, 15) is 0 Å². The highest BCUT2D eigenvalue weighted by Crippen LogP contribution is 2.16. The maximum absolute atomic E-state index is 5.66. The zero-order valence-electron chi connectivity index (χ0n) is 11.5. The summed E-state index contributed by atoms with van der Waals surface area (Å²) in [6, 6.07) is 3.85. The average molecular weight is 270 g/mol. The van der Waals surface area contributed by atoms with Gasteiger partial charge in [-0.3, -0.25) is 0 Å². The van der Waals surface area contributed by atoms with Crippen LogP contribution in [-0.2, 0) is 0 Å². The van der Waals surface area contributed by atoms with E-state index in [-0.39, 0.29) is 0 Å². The Hall–Kier alpha value is -2.37. The lowest BCUT2D eigenvalue weighted by atomic mass is 10.3. The van der Waals surface area contributed by atoms with E-state index in [4.69, 9.17) is 5.73 Å². The van der Waals surface area contributed by atoms with Gasteiger partial charge in [0.15, 0.2) is 0 Å². The lowest BCUT2D eigenvalue weighted by Gasteiger charge is -2.35. The monoisotopic (exact) mass is 270 g/mol. The second kappa shape index (κ2) is 5.32. The van der Waals surface area contributed by atoms with Gasteiger partial charge in [0.2, 0.25) is 5.95 Å². The van der Waals surface area contributed by atoms with Crippen LogP contribution in [-0.4, -0.2) is 41.1 Å². The molecule has 1 aliphatic heterocycles. The number of aromatic nitrogens is 3. The van der Waals surface area contributed by atoms with Gasteiger partial charge in [-0.25, -0.2) is 15.0 Å². The molecule has 0 unspecified atom stereocenters. The third-order valence-corrected chi connectivity index (χ3v) is 3.42. The Morgan fingerprint density at radius 1 is 0.900 bits per heavy atom. The van der Waals surface area contributed by atoms with E-state index in [0.29, 0.717) is 5.69 Å². The average Bonchev–Trinajstić information content (AvgIpc) is 2.49. The van der Waals surface area contributed by atoms with Crippen molar-refractivity contribution in [1.82, 2.24) is 15.0 Å². The standard InChI is InChI=1S/C14H18N6/c1-11-8-17-14(18-9-11)20-6-4-19(5-7-20)13-3-2-12(15)10-16-13/h2-3,8-10H,4-7,15H2,1H3. The number of aryl methyl sites for hydroxylation is 1. The number of hydrogen-bond donors (Lipinski definition) is 1. The first kappa shape index (κ1) is 12.7. The molecule has 3 heterocycles. The minimum Gasteiger partial charge on any atom is -0.397 e. The molecular formula is C14H18N6. The van der Waals surface area contributed by atoms with Crippen molar-refractivity contribution >= 4 is 17.5 Å². The Morgan fingerprint density at radius 2 is 1.55 bits per heavy atom. The number of nitrogens with two attached hydrogens (primary N) is 1. The number of nitrogen functional groups attached to an aromatic ring is 1. The van der Waals surface area contributed by atoms with Crippen LogP contribution in [0.4, 0.5) is 17.5 Å². The van der Waals surface area contributed by atoms with E-state index in [1.165, 1.54) is 0 Å². The van der Waals surface area contributed by atoms with Crippen LogP contribution in [0.1, 0.15) is 5.56 Å². The summed E-state index contributed by atoms with van der Waals surface area (Å²) in [5, 5.41) is 0. The lowest BCUT2D eigenvalue weighted by molar-refractivity contribution is 0.634. The molecule has 6 nitrogen and oxygen atoms in total. The highest BCUT2D eigenvalue weighted by atomic mass is 15.3. The quantitative estimate of drug-likeness (QED) is 0.880. The summed E-state index contributed by atoms with van der Waals surface area (Å²) in [5.74, 6) is 1.78. The lowest BCUT2D eigenvalue weighted by Crippen LogP contribution is -2.47. The van der Waals surface area contributed by atoms with Crippen molar-refractivity contribution < 1.29 is 0 Å². The van der Waals surface area contributed by atoms with E-state index in [1.807, 2.05) is 31.5 Å². The maximum Gasteiger partial charge on any atom is 0.225 e. The normalized spacial score (nSPS) is 15.4. The van der Waals surface area contributed by atoms with Crippen molar-refractivity contribution in [1.29, 1.82) is 0 Å². The van der Waals surface area contributed by atoms with E-state index in [2.05, 4.69) is 24.8 Å². The SMILES string of the molecule is Cc1cnc(N2CCN(c3ccc(N)cn3)CC2)nc1. The summed E-state index contributed by atoms with van der Waals surface area (Å²) in [6.07, 6.45) is 5.41. The number of hydrogen-bond acceptors (Lipinski definition) is 6. The van der Waals surface area contributed by atoms with Gasteiger partial charge >= 0.3 is 0 Å². The molecule has 2 aromatic heterocycles. The van der Waals surface area contributed by atoms with Gasteiger partial charge in [0.05, 0.1) is 11.9 Å². The molecule has 2 N–H and O–H groups in total. The Morgan fingerprint density at radius 3 is 2.15 bits per heavy atom. The van der Waals surface area contributed by atoms with Crippen LogP contribution in [0, 0.1) is 6.92 Å². The Balaban J connectivity index is 1.64. The predicted octanol–water partition coefficient (Wildman–Crippen LogP) is 1.09. The van der Waals surface area contributed by atoms with Gasteiger partial charge in [-0.05, 0) is 24.6 Å². The van der Waals surface area contributed by atoms with Crippen molar-refractivity contribution in [3.05, 3.63) is 36.3 Å². The Labute approximate surface area is 118 Å². The molecule has 0 saturated carbocycles. The number of rotatable bonds is 2. The number of pyridine rings is 1. The second-order valence-corrected chi connectivity index (χ2v) is 4.98. The molecule has 0 radical (unpaired) electrons. The van der Waals surface area contributed by atoms with Gasteiger partial charge in [-0.1, -0.05) is 0 Å².